The van der Waals surface area contributed by atoms with Crippen molar-refractivity contribution in [2.75, 3.05) is 13.1 Å². The lowest BCUT2D eigenvalue weighted by molar-refractivity contribution is -0.138. The van der Waals surface area contributed by atoms with Crippen LogP contribution >= 0.6 is 0 Å². The van der Waals surface area contributed by atoms with Gasteiger partial charge in [0.05, 0.1) is 0 Å². The van der Waals surface area contributed by atoms with Crippen molar-refractivity contribution in [2.45, 2.75) is 51.9 Å². The van der Waals surface area contributed by atoms with Crippen LogP contribution in [0.2, 0.25) is 0 Å². The minimum absolute atomic E-state index is 0.146. The number of hydrogen-bond acceptors (Lipinski definition) is 5. The Morgan fingerprint density at radius 2 is 2.12 bits per heavy atom. The molecule has 2 atom stereocenters. The molecule has 0 saturated carbocycles. The third kappa shape index (κ3) is 3.90. The van der Waals surface area contributed by atoms with E-state index < -0.39 is 17.4 Å². The number of aromatic nitrogens is 2. The van der Waals surface area contributed by atoms with Crippen LogP contribution in [-0.4, -0.2) is 56.2 Å². The molecule has 1 aliphatic heterocycles. The van der Waals surface area contributed by atoms with Crippen molar-refractivity contribution in [2.24, 2.45) is 7.05 Å². The predicted octanol–water partition coefficient (Wildman–Crippen LogP) is 1.82. The zero-order valence-corrected chi connectivity index (χ0v) is 16.1. The fourth-order valence-corrected chi connectivity index (χ4v) is 3.01. The molecule has 0 radical (unpaired) electrons. The first kappa shape index (κ1) is 20.0. The molecule has 0 bridgehead atoms. The highest BCUT2D eigenvalue weighted by atomic mass is 16.6. The molecule has 144 valence electrons. The molecule has 8 heteroatoms. The Balaban J connectivity index is 1.96. The highest BCUT2D eigenvalue weighted by Crippen LogP contribution is 2.40. The van der Waals surface area contributed by atoms with Crippen LogP contribution in [0.15, 0.2) is 23.9 Å². The third-order valence-corrected chi connectivity index (χ3v) is 4.91. The van der Waals surface area contributed by atoms with Gasteiger partial charge in [0, 0.05) is 26.3 Å². The van der Waals surface area contributed by atoms with E-state index in [4.69, 9.17) is 4.74 Å². The minimum atomic E-state index is -1.46. The van der Waals surface area contributed by atoms with Crippen molar-refractivity contribution in [3.8, 4) is 0 Å². The summed E-state index contributed by atoms with van der Waals surface area (Å²) >= 11 is 0. The Morgan fingerprint density at radius 1 is 1.42 bits per heavy atom. The molecular formula is C18H28N4O4. The van der Waals surface area contributed by atoms with Crippen LogP contribution in [0.25, 0.3) is 0 Å². The zero-order chi connectivity index (χ0) is 19.5. The molecule has 2 amide bonds. The normalized spacial score (nSPS) is 25.2. The van der Waals surface area contributed by atoms with Crippen LogP contribution in [0.3, 0.4) is 0 Å². The van der Waals surface area contributed by atoms with Crippen LogP contribution in [0, 0.1) is 0 Å². The van der Waals surface area contributed by atoms with Gasteiger partial charge in [0.2, 0.25) is 0 Å². The number of hydrogen-bond donors (Lipinski definition) is 2. The van der Waals surface area contributed by atoms with Crippen molar-refractivity contribution < 1.29 is 19.4 Å². The van der Waals surface area contributed by atoms with E-state index in [-0.39, 0.29) is 19.0 Å². The molecule has 1 aromatic rings. The summed E-state index contributed by atoms with van der Waals surface area (Å²) < 4.78 is 6.96. The number of rotatable bonds is 7. The molecule has 2 heterocycles. The van der Waals surface area contributed by atoms with E-state index in [9.17, 15) is 14.7 Å². The highest BCUT2D eigenvalue weighted by molar-refractivity contribution is 5.92. The second-order valence-electron chi connectivity index (χ2n) is 7.19. The van der Waals surface area contributed by atoms with Crippen molar-refractivity contribution in [1.82, 2.24) is 20.0 Å². The average Bonchev–Trinajstić information content (AvgIpc) is 3.02. The van der Waals surface area contributed by atoms with Gasteiger partial charge in [0.15, 0.2) is 11.3 Å². The molecule has 26 heavy (non-hydrogen) atoms. The number of ether oxygens (including phenoxy) is 1. The molecule has 2 N–H and O–H groups in total. The number of nitrogens with one attached hydrogen (secondary N) is 1. The molecule has 0 spiro atoms. The summed E-state index contributed by atoms with van der Waals surface area (Å²) in [6, 6.07) is 1.61. The van der Waals surface area contributed by atoms with E-state index in [1.54, 1.807) is 27.0 Å². The first-order valence-corrected chi connectivity index (χ1v) is 8.71. The van der Waals surface area contributed by atoms with E-state index in [0.29, 0.717) is 18.5 Å². The van der Waals surface area contributed by atoms with E-state index in [1.165, 1.54) is 21.4 Å². The third-order valence-electron chi connectivity index (χ3n) is 4.91. The molecule has 1 saturated heterocycles. The van der Waals surface area contributed by atoms with Gasteiger partial charge >= 0.3 is 6.09 Å². The van der Waals surface area contributed by atoms with Gasteiger partial charge in [-0.05, 0) is 46.6 Å². The second-order valence-corrected chi connectivity index (χ2v) is 7.19. The number of allylic oxidation sites excluding steroid dienone is 2. The molecule has 1 aliphatic rings. The zero-order valence-electron chi connectivity index (χ0n) is 16.1. The summed E-state index contributed by atoms with van der Waals surface area (Å²) in [6.07, 6.45) is 4.22. The highest BCUT2D eigenvalue weighted by Gasteiger charge is 2.58. The van der Waals surface area contributed by atoms with Crippen molar-refractivity contribution in [3.05, 3.63) is 29.6 Å². The Labute approximate surface area is 153 Å². The van der Waals surface area contributed by atoms with Gasteiger partial charge in [-0.3, -0.25) is 14.4 Å². The average molecular weight is 364 g/mol. The fourth-order valence-electron chi connectivity index (χ4n) is 3.01. The SMILES string of the molecule is CC(C)=CCC[C@]1(C)OC(=O)N(CCNC(=O)c2ccnn2C)[C@@]1(C)O. The molecule has 2 rings (SSSR count). The van der Waals surface area contributed by atoms with Crippen molar-refractivity contribution in [1.29, 1.82) is 0 Å². The van der Waals surface area contributed by atoms with Gasteiger partial charge in [-0.1, -0.05) is 11.6 Å². The standard InChI is InChI=1S/C18H28N4O4/c1-13(2)7-6-9-17(3)18(4,25)22(16(24)26-17)12-11-19-15(23)14-8-10-20-21(14)5/h7-8,10,25H,6,9,11-12H2,1-5H3,(H,19,23)/t17-,18-/m0/s1. The molecule has 0 unspecified atom stereocenters. The summed E-state index contributed by atoms with van der Waals surface area (Å²) in [7, 11) is 1.68. The first-order chi connectivity index (χ1) is 12.1. The fraction of sp³-hybridized carbons (Fsp3) is 0.611. The molecule has 8 nitrogen and oxygen atoms in total. The van der Waals surface area contributed by atoms with Gasteiger partial charge in [0.25, 0.3) is 5.91 Å². The van der Waals surface area contributed by atoms with Crippen molar-refractivity contribution in [3.63, 3.8) is 0 Å². The van der Waals surface area contributed by atoms with Crippen molar-refractivity contribution >= 4 is 12.0 Å². The summed E-state index contributed by atoms with van der Waals surface area (Å²) in [5, 5.41) is 17.6. The topological polar surface area (TPSA) is 96.7 Å². The maximum Gasteiger partial charge on any atom is 0.412 e. The number of aryl methyl sites for hydroxylation is 1. The molecule has 1 aromatic heterocycles. The van der Waals surface area contributed by atoms with Crippen LogP contribution in [0.5, 0.6) is 0 Å². The molecule has 0 aliphatic carbocycles. The largest absolute Gasteiger partial charge is 0.438 e. The number of carbonyl (C=O) groups excluding carboxylic acids is 2. The van der Waals surface area contributed by atoms with Crippen LogP contribution < -0.4 is 5.32 Å². The van der Waals surface area contributed by atoms with Crippen LogP contribution in [0.1, 0.15) is 51.0 Å². The summed E-state index contributed by atoms with van der Waals surface area (Å²) in [6.45, 7) is 7.64. The van der Waals surface area contributed by atoms with Crippen LogP contribution in [-0.2, 0) is 11.8 Å². The lowest BCUT2D eigenvalue weighted by Gasteiger charge is -2.37. The second kappa shape index (κ2) is 7.49. The van der Waals surface area contributed by atoms with Gasteiger partial charge in [-0.2, -0.15) is 5.10 Å². The Kier molecular flexibility index (Phi) is 5.75. The number of cyclic esters (lactones) is 1. The Morgan fingerprint density at radius 3 is 2.69 bits per heavy atom. The lowest BCUT2D eigenvalue weighted by atomic mass is 9.88. The van der Waals surface area contributed by atoms with Gasteiger partial charge in [-0.25, -0.2) is 4.79 Å². The minimum Gasteiger partial charge on any atom is -0.438 e. The van der Waals surface area contributed by atoms with Gasteiger partial charge in [-0.15, -0.1) is 0 Å². The quantitative estimate of drug-likeness (QED) is 0.720. The predicted molar refractivity (Wildman–Crippen MR) is 96.4 cm³/mol. The van der Waals surface area contributed by atoms with Crippen LogP contribution in [0.4, 0.5) is 4.79 Å². The maximum absolute atomic E-state index is 12.3. The smallest absolute Gasteiger partial charge is 0.412 e. The number of carbonyl (C=O) groups is 2. The summed E-state index contributed by atoms with van der Waals surface area (Å²) in [5.74, 6) is -0.288. The lowest BCUT2D eigenvalue weighted by Crippen LogP contribution is -2.56. The monoisotopic (exact) mass is 364 g/mol. The van der Waals surface area contributed by atoms with Gasteiger partial charge < -0.3 is 15.2 Å². The number of aliphatic hydroxyl groups is 1. The molecule has 0 aromatic carbocycles. The summed E-state index contributed by atoms with van der Waals surface area (Å²) in [4.78, 5) is 25.6. The van der Waals surface area contributed by atoms with E-state index in [1.807, 2.05) is 19.9 Å². The van der Waals surface area contributed by atoms with E-state index in [0.717, 1.165) is 0 Å². The van der Waals surface area contributed by atoms with Gasteiger partial charge in [0.1, 0.15) is 5.69 Å². The molecule has 1 fully saturated rings. The maximum atomic E-state index is 12.3. The van der Waals surface area contributed by atoms with E-state index >= 15 is 0 Å². The summed E-state index contributed by atoms with van der Waals surface area (Å²) in [5.41, 5.74) is -0.876. The first-order valence-electron chi connectivity index (χ1n) is 8.71. The Bertz CT molecular complexity index is 706. The van der Waals surface area contributed by atoms with E-state index in [2.05, 4.69) is 10.4 Å². The Hall–Kier alpha value is -2.35. The number of nitrogens with zero attached hydrogens (tertiary/aromatic N) is 3. The molecular weight excluding hydrogens is 336 g/mol. The number of amides is 2.